The molecular formula is C10H16ClN5. The Morgan fingerprint density at radius 2 is 2.38 bits per heavy atom. The third-order valence-corrected chi connectivity index (χ3v) is 2.92. The van der Waals surface area contributed by atoms with Crippen molar-refractivity contribution in [1.82, 2.24) is 9.97 Å². The normalized spacial score (nSPS) is 16.9. The molecular weight excluding hydrogens is 226 g/mol. The van der Waals surface area contributed by atoms with Crippen LogP contribution in [0.25, 0.3) is 0 Å². The standard InChI is InChI=1S/C10H16ClN5/c1-6(4-7-2-3-7)14-9-8(11)5-13-10(15-9)16-12/h5-7H,2-4,12H2,1H3,(H2,13,14,15,16). The van der Waals surface area contributed by atoms with Gasteiger partial charge in [-0.2, -0.15) is 4.98 Å². The van der Waals surface area contributed by atoms with Crippen LogP contribution in [0.5, 0.6) is 0 Å². The molecule has 88 valence electrons. The number of halogens is 1. The zero-order chi connectivity index (χ0) is 11.5. The van der Waals surface area contributed by atoms with E-state index in [9.17, 15) is 0 Å². The average molecular weight is 242 g/mol. The van der Waals surface area contributed by atoms with Crippen LogP contribution < -0.4 is 16.6 Å². The maximum atomic E-state index is 5.99. The van der Waals surface area contributed by atoms with E-state index in [0.29, 0.717) is 22.8 Å². The second-order valence-electron chi connectivity index (χ2n) is 4.26. The van der Waals surface area contributed by atoms with Crippen LogP contribution >= 0.6 is 11.6 Å². The topological polar surface area (TPSA) is 75.9 Å². The summed E-state index contributed by atoms with van der Waals surface area (Å²) < 4.78 is 0. The summed E-state index contributed by atoms with van der Waals surface area (Å²) in [6.07, 6.45) is 5.39. The van der Waals surface area contributed by atoms with Crippen molar-refractivity contribution in [3.8, 4) is 0 Å². The van der Waals surface area contributed by atoms with Crippen LogP contribution in [-0.4, -0.2) is 16.0 Å². The van der Waals surface area contributed by atoms with E-state index in [1.165, 1.54) is 19.0 Å². The third kappa shape index (κ3) is 2.96. The van der Waals surface area contributed by atoms with Gasteiger partial charge in [-0.05, 0) is 19.3 Å². The van der Waals surface area contributed by atoms with E-state index < -0.39 is 0 Å². The van der Waals surface area contributed by atoms with Crippen LogP contribution in [0.4, 0.5) is 11.8 Å². The number of rotatable bonds is 5. The first-order valence-electron chi connectivity index (χ1n) is 5.44. The highest BCUT2D eigenvalue weighted by atomic mass is 35.5. The van der Waals surface area contributed by atoms with Crippen LogP contribution in [0.15, 0.2) is 6.20 Å². The zero-order valence-corrected chi connectivity index (χ0v) is 9.96. The fourth-order valence-corrected chi connectivity index (χ4v) is 1.83. The van der Waals surface area contributed by atoms with Crippen LogP contribution in [0.1, 0.15) is 26.2 Å². The number of hydrogen-bond acceptors (Lipinski definition) is 5. The molecule has 4 N–H and O–H groups in total. The maximum Gasteiger partial charge on any atom is 0.239 e. The average Bonchev–Trinajstić information content (AvgIpc) is 3.05. The number of nitrogens with two attached hydrogens (primary N) is 1. The Morgan fingerprint density at radius 1 is 1.62 bits per heavy atom. The second-order valence-corrected chi connectivity index (χ2v) is 4.67. The van der Waals surface area contributed by atoms with Gasteiger partial charge in [0.1, 0.15) is 5.02 Å². The van der Waals surface area contributed by atoms with E-state index in [1.54, 1.807) is 0 Å². The molecule has 5 nitrogen and oxygen atoms in total. The lowest BCUT2D eigenvalue weighted by Gasteiger charge is -2.15. The van der Waals surface area contributed by atoms with Gasteiger partial charge >= 0.3 is 0 Å². The molecule has 1 fully saturated rings. The van der Waals surface area contributed by atoms with Crippen LogP contribution in [-0.2, 0) is 0 Å². The van der Waals surface area contributed by atoms with E-state index >= 15 is 0 Å². The van der Waals surface area contributed by atoms with E-state index in [-0.39, 0.29) is 0 Å². The van der Waals surface area contributed by atoms with Gasteiger partial charge in [0.15, 0.2) is 5.82 Å². The van der Waals surface area contributed by atoms with Gasteiger partial charge in [-0.15, -0.1) is 0 Å². The SMILES string of the molecule is CC(CC1CC1)Nc1nc(NN)ncc1Cl. The van der Waals surface area contributed by atoms with Gasteiger partial charge < -0.3 is 5.32 Å². The van der Waals surface area contributed by atoms with Gasteiger partial charge in [-0.3, -0.25) is 5.43 Å². The van der Waals surface area contributed by atoms with Gasteiger partial charge in [-0.25, -0.2) is 10.8 Å². The summed E-state index contributed by atoms with van der Waals surface area (Å²) in [5, 5.41) is 3.79. The van der Waals surface area contributed by atoms with Crippen LogP contribution in [0, 0.1) is 5.92 Å². The molecule has 6 heteroatoms. The fourth-order valence-electron chi connectivity index (χ4n) is 1.68. The molecule has 1 heterocycles. The number of nitrogen functional groups attached to an aromatic ring is 1. The summed E-state index contributed by atoms with van der Waals surface area (Å²) in [5.41, 5.74) is 2.40. The summed E-state index contributed by atoms with van der Waals surface area (Å²) in [6.45, 7) is 2.13. The molecule has 1 aliphatic rings. The van der Waals surface area contributed by atoms with E-state index in [0.717, 1.165) is 12.3 Å². The second kappa shape index (κ2) is 4.84. The van der Waals surface area contributed by atoms with Crippen LogP contribution in [0.3, 0.4) is 0 Å². The van der Waals surface area contributed by atoms with Crippen molar-refractivity contribution in [3.05, 3.63) is 11.2 Å². The number of hydrogen-bond donors (Lipinski definition) is 3. The third-order valence-electron chi connectivity index (χ3n) is 2.64. The van der Waals surface area contributed by atoms with Crippen molar-refractivity contribution in [2.24, 2.45) is 11.8 Å². The molecule has 16 heavy (non-hydrogen) atoms. The minimum absolute atomic E-state index is 0.366. The lowest BCUT2D eigenvalue weighted by atomic mass is 10.1. The molecule has 2 rings (SSSR count). The zero-order valence-electron chi connectivity index (χ0n) is 9.20. The highest BCUT2D eigenvalue weighted by molar-refractivity contribution is 6.32. The largest absolute Gasteiger partial charge is 0.366 e. The molecule has 0 spiro atoms. The Kier molecular flexibility index (Phi) is 3.46. The summed E-state index contributed by atoms with van der Waals surface area (Å²) in [6, 6.07) is 0.366. The van der Waals surface area contributed by atoms with E-state index in [2.05, 4.69) is 27.6 Å². The van der Waals surface area contributed by atoms with Crippen molar-refractivity contribution in [2.75, 3.05) is 10.7 Å². The van der Waals surface area contributed by atoms with Gasteiger partial charge in [0.2, 0.25) is 5.95 Å². The van der Waals surface area contributed by atoms with E-state index in [4.69, 9.17) is 17.4 Å². The van der Waals surface area contributed by atoms with Gasteiger partial charge in [0, 0.05) is 6.04 Å². The number of nitrogens with one attached hydrogen (secondary N) is 2. The smallest absolute Gasteiger partial charge is 0.239 e. The van der Waals surface area contributed by atoms with Gasteiger partial charge in [0.25, 0.3) is 0 Å². The summed E-state index contributed by atoms with van der Waals surface area (Å²) >= 11 is 5.99. The van der Waals surface area contributed by atoms with Gasteiger partial charge in [0.05, 0.1) is 6.20 Å². The Bertz CT molecular complexity index is 366. The molecule has 1 saturated carbocycles. The number of aromatic nitrogens is 2. The summed E-state index contributed by atoms with van der Waals surface area (Å²) in [5.74, 6) is 7.12. The van der Waals surface area contributed by atoms with Crippen molar-refractivity contribution in [1.29, 1.82) is 0 Å². The lowest BCUT2D eigenvalue weighted by molar-refractivity contribution is 0.640. The molecule has 1 unspecified atom stereocenters. The van der Waals surface area contributed by atoms with Crippen LogP contribution in [0.2, 0.25) is 5.02 Å². The molecule has 0 aliphatic heterocycles. The number of nitrogens with zero attached hydrogens (tertiary/aromatic N) is 2. The van der Waals surface area contributed by atoms with Gasteiger partial charge in [-0.1, -0.05) is 24.4 Å². The maximum absolute atomic E-state index is 5.99. The van der Waals surface area contributed by atoms with Crippen molar-refractivity contribution >= 4 is 23.4 Å². The van der Waals surface area contributed by atoms with Crippen molar-refractivity contribution in [2.45, 2.75) is 32.2 Å². The van der Waals surface area contributed by atoms with Crippen molar-refractivity contribution in [3.63, 3.8) is 0 Å². The monoisotopic (exact) mass is 241 g/mol. The van der Waals surface area contributed by atoms with Crippen molar-refractivity contribution < 1.29 is 0 Å². The Hall–Kier alpha value is -1.07. The molecule has 1 aromatic heterocycles. The highest BCUT2D eigenvalue weighted by Gasteiger charge is 2.23. The first-order valence-corrected chi connectivity index (χ1v) is 5.82. The molecule has 0 amide bonds. The fraction of sp³-hybridized carbons (Fsp3) is 0.600. The Balaban J connectivity index is 2.00. The molecule has 1 aliphatic carbocycles. The molecule has 0 aromatic carbocycles. The lowest BCUT2D eigenvalue weighted by Crippen LogP contribution is -2.18. The first kappa shape index (κ1) is 11.4. The quantitative estimate of drug-likeness (QED) is 0.543. The Morgan fingerprint density at radius 3 is 3.00 bits per heavy atom. The summed E-state index contributed by atoms with van der Waals surface area (Å²) in [4.78, 5) is 8.09. The number of anilines is 2. The first-order chi connectivity index (χ1) is 7.69. The molecule has 0 saturated heterocycles. The molecule has 1 atom stereocenters. The van der Waals surface area contributed by atoms with E-state index in [1.807, 2.05) is 0 Å². The molecule has 0 radical (unpaired) electrons. The molecule has 1 aromatic rings. The minimum atomic E-state index is 0.366. The predicted octanol–water partition coefficient (Wildman–Crippen LogP) is 2.02. The minimum Gasteiger partial charge on any atom is -0.366 e. The highest BCUT2D eigenvalue weighted by Crippen LogP contribution is 2.34. The predicted molar refractivity (Wildman–Crippen MR) is 65.3 cm³/mol. The summed E-state index contributed by atoms with van der Waals surface area (Å²) in [7, 11) is 0. The molecule has 0 bridgehead atoms. The number of hydrazine groups is 1. The Labute approximate surface area is 99.8 Å².